The number of nitrogens with zero attached hydrogens (tertiary/aromatic N) is 2. The minimum atomic E-state index is 0.585. The zero-order chi connectivity index (χ0) is 17.8. The van der Waals surface area contributed by atoms with Crippen molar-refractivity contribution in [1.82, 2.24) is 9.80 Å². The summed E-state index contributed by atoms with van der Waals surface area (Å²) in [4.78, 5) is 5.21. The maximum Gasteiger partial charge on any atom is 0.0593 e. The van der Waals surface area contributed by atoms with Gasteiger partial charge in [-0.2, -0.15) is 0 Å². The summed E-state index contributed by atoms with van der Waals surface area (Å²) in [6.07, 6.45) is 1.22. The molecule has 2 saturated heterocycles. The van der Waals surface area contributed by atoms with Crippen molar-refractivity contribution in [3.8, 4) is 0 Å². The normalized spacial score (nSPS) is 24.8. The Balaban J connectivity index is 1.40. The fourth-order valence-corrected chi connectivity index (χ4v) is 4.45. The third kappa shape index (κ3) is 4.47. The Hall–Kier alpha value is -1.39. The molecule has 0 aromatic heterocycles. The summed E-state index contributed by atoms with van der Waals surface area (Å²) in [7, 11) is 0. The van der Waals surface area contributed by atoms with Crippen LogP contribution in [0.4, 0.5) is 0 Å². The Morgan fingerprint density at radius 2 is 1.69 bits per heavy atom. The first-order chi connectivity index (χ1) is 12.8. The van der Waals surface area contributed by atoms with E-state index in [1.807, 2.05) is 12.1 Å². The van der Waals surface area contributed by atoms with Crippen molar-refractivity contribution < 1.29 is 4.74 Å². The number of fused-ring (bicyclic) bond motifs is 1. The number of benzene rings is 2. The molecule has 0 spiro atoms. The first-order valence-corrected chi connectivity index (χ1v) is 9.98. The highest BCUT2D eigenvalue weighted by atomic mass is 35.5. The van der Waals surface area contributed by atoms with Crippen molar-refractivity contribution in [3.05, 3.63) is 70.7 Å². The number of hydrogen-bond acceptors (Lipinski definition) is 3. The molecular weight excluding hydrogens is 344 g/mol. The lowest BCUT2D eigenvalue weighted by Gasteiger charge is -2.42. The summed E-state index contributed by atoms with van der Waals surface area (Å²) < 4.78 is 5.96. The van der Waals surface area contributed by atoms with Gasteiger partial charge in [0.25, 0.3) is 0 Å². The summed E-state index contributed by atoms with van der Waals surface area (Å²) in [5.74, 6) is 0.585. The molecule has 138 valence electrons. The molecule has 0 N–H and O–H groups in total. The van der Waals surface area contributed by atoms with Crippen molar-refractivity contribution in [2.45, 2.75) is 25.6 Å². The van der Waals surface area contributed by atoms with Gasteiger partial charge in [0.1, 0.15) is 0 Å². The predicted molar refractivity (Wildman–Crippen MR) is 106 cm³/mol. The lowest BCUT2D eigenvalue weighted by Crippen LogP contribution is -2.50. The average molecular weight is 371 g/mol. The molecule has 0 bridgehead atoms. The molecule has 2 heterocycles. The number of halogens is 1. The van der Waals surface area contributed by atoms with E-state index in [9.17, 15) is 0 Å². The van der Waals surface area contributed by atoms with Crippen LogP contribution in [0.1, 0.15) is 17.5 Å². The van der Waals surface area contributed by atoms with Crippen LogP contribution in [0, 0.1) is 5.92 Å². The summed E-state index contributed by atoms with van der Waals surface area (Å²) >= 11 is 6.01. The Morgan fingerprint density at radius 1 is 0.923 bits per heavy atom. The number of rotatable bonds is 4. The molecule has 0 aliphatic carbocycles. The molecule has 2 aliphatic heterocycles. The molecule has 0 radical (unpaired) electrons. The Bertz CT molecular complexity index is 691. The maximum absolute atomic E-state index is 6.01. The van der Waals surface area contributed by atoms with Crippen LogP contribution in [0.25, 0.3) is 0 Å². The van der Waals surface area contributed by atoms with Gasteiger partial charge in [0.05, 0.1) is 13.2 Å². The van der Waals surface area contributed by atoms with E-state index in [2.05, 4.69) is 52.3 Å². The number of likely N-dealkylation sites (tertiary alicyclic amines) is 1. The van der Waals surface area contributed by atoms with Crippen LogP contribution in [0.2, 0.25) is 5.02 Å². The van der Waals surface area contributed by atoms with Crippen molar-refractivity contribution >= 4 is 11.6 Å². The van der Waals surface area contributed by atoms with Crippen LogP contribution in [0.15, 0.2) is 54.6 Å². The topological polar surface area (TPSA) is 15.7 Å². The zero-order valence-corrected chi connectivity index (χ0v) is 15.9. The first kappa shape index (κ1) is 18.0. The van der Waals surface area contributed by atoms with Gasteiger partial charge in [-0.25, -0.2) is 0 Å². The molecular formula is C22H27ClN2O. The summed E-state index contributed by atoms with van der Waals surface area (Å²) in [5, 5.41) is 0.807. The highest BCUT2D eigenvalue weighted by molar-refractivity contribution is 6.30. The summed E-state index contributed by atoms with van der Waals surface area (Å²) in [6, 6.07) is 19.7. The van der Waals surface area contributed by atoms with Gasteiger partial charge in [0.15, 0.2) is 0 Å². The number of piperidine rings is 1. The number of hydrogen-bond donors (Lipinski definition) is 0. The molecule has 4 heteroatoms. The van der Waals surface area contributed by atoms with Gasteiger partial charge >= 0.3 is 0 Å². The SMILES string of the molecule is Clc1ccc(CN2CC[C@@H]3[C@@H](COCCN3Cc3ccccc3)C2)cc1. The second-order valence-corrected chi connectivity index (χ2v) is 7.95. The van der Waals surface area contributed by atoms with E-state index in [0.29, 0.717) is 12.0 Å². The molecule has 2 aromatic carbocycles. The van der Waals surface area contributed by atoms with E-state index in [-0.39, 0.29) is 0 Å². The van der Waals surface area contributed by atoms with Crippen molar-refractivity contribution in [3.63, 3.8) is 0 Å². The second kappa shape index (κ2) is 8.53. The van der Waals surface area contributed by atoms with Gasteiger partial charge in [-0.15, -0.1) is 0 Å². The lowest BCUT2D eigenvalue weighted by atomic mass is 9.91. The molecule has 2 aromatic rings. The minimum Gasteiger partial charge on any atom is -0.380 e. The predicted octanol–water partition coefficient (Wildman–Crippen LogP) is 4.06. The standard InChI is InChI=1S/C22H27ClN2O/c23-21-8-6-19(7-9-21)14-24-11-10-22-20(16-24)17-26-13-12-25(22)15-18-4-2-1-3-5-18/h1-9,20,22H,10-17H2/t20-,22-/m1/s1. The van der Waals surface area contributed by atoms with E-state index in [4.69, 9.17) is 16.3 Å². The van der Waals surface area contributed by atoms with Crippen LogP contribution >= 0.6 is 11.6 Å². The van der Waals surface area contributed by atoms with E-state index in [1.165, 1.54) is 17.5 Å². The highest BCUT2D eigenvalue weighted by Gasteiger charge is 2.35. The number of ether oxygens (including phenoxy) is 1. The average Bonchev–Trinajstić information content (AvgIpc) is 2.86. The quantitative estimate of drug-likeness (QED) is 0.807. The van der Waals surface area contributed by atoms with Crippen molar-refractivity contribution in [1.29, 1.82) is 0 Å². The third-order valence-electron chi connectivity index (χ3n) is 5.65. The van der Waals surface area contributed by atoms with Crippen LogP contribution < -0.4 is 0 Å². The van der Waals surface area contributed by atoms with E-state index < -0.39 is 0 Å². The van der Waals surface area contributed by atoms with Gasteiger partial charge in [-0.05, 0) is 36.2 Å². The smallest absolute Gasteiger partial charge is 0.0593 e. The molecule has 0 unspecified atom stereocenters. The highest BCUT2D eigenvalue weighted by Crippen LogP contribution is 2.27. The summed E-state index contributed by atoms with van der Waals surface area (Å²) in [5.41, 5.74) is 2.74. The molecule has 4 rings (SSSR count). The van der Waals surface area contributed by atoms with Gasteiger partial charge < -0.3 is 4.74 Å². The van der Waals surface area contributed by atoms with Crippen LogP contribution in [-0.4, -0.2) is 48.7 Å². The van der Waals surface area contributed by atoms with Gasteiger partial charge in [-0.1, -0.05) is 54.1 Å². The van der Waals surface area contributed by atoms with Gasteiger partial charge in [0, 0.05) is 43.2 Å². The zero-order valence-electron chi connectivity index (χ0n) is 15.2. The van der Waals surface area contributed by atoms with Crippen molar-refractivity contribution in [2.75, 3.05) is 32.8 Å². The van der Waals surface area contributed by atoms with Crippen molar-refractivity contribution in [2.24, 2.45) is 5.92 Å². The molecule has 0 saturated carbocycles. The lowest BCUT2D eigenvalue weighted by molar-refractivity contribution is 0.0439. The second-order valence-electron chi connectivity index (χ2n) is 7.51. The van der Waals surface area contributed by atoms with E-state index in [1.54, 1.807) is 0 Å². The maximum atomic E-state index is 6.01. The fourth-order valence-electron chi connectivity index (χ4n) is 4.33. The van der Waals surface area contributed by atoms with Crippen LogP contribution in [-0.2, 0) is 17.8 Å². The Kier molecular flexibility index (Phi) is 5.91. The molecule has 2 fully saturated rings. The summed E-state index contributed by atoms with van der Waals surface area (Å²) in [6.45, 7) is 7.05. The third-order valence-corrected chi connectivity index (χ3v) is 5.90. The largest absolute Gasteiger partial charge is 0.380 e. The minimum absolute atomic E-state index is 0.585. The Morgan fingerprint density at radius 3 is 2.50 bits per heavy atom. The molecule has 3 nitrogen and oxygen atoms in total. The van der Waals surface area contributed by atoms with E-state index in [0.717, 1.165) is 51.0 Å². The molecule has 26 heavy (non-hydrogen) atoms. The van der Waals surface area contributed by atoms with Gasteiger partial charge in [-0.3, -0.25) is 9.80 Å². The molecule has 2 atom stereocenters. The first-order valence-electron chi connectivity index (χ1n) is 9.60. The van der Waals surface area contributed by atoms with E-state index >= 15 is 0 Å². The van der Waals surface area contributed by atoms with Crippen LogP contribution in [0.5, 0.6) is 0 Å². The molecule has 0 amide bonds. The monoisotopic (exact) mass is 370 g/mol. The molecule has 2 aliphatic rings. The van der Waals surface area contributed by atoms with Gasteiger partial charge in [0.2, 0.25) is 0 Å². The Labute approximate surface area is 161 Å². The van der Waals surface area contributed by atoms with Crippen LogP contribution in [0.3, 0.4) is 0 Å². The fraction of sp³-hybridized carbons (Fsp3) is 0.455.